The molecule has 3 rings (SSSR count). The summed E-state index contributed by atoms with van der Waals surface area (Å²) in [5.41, 5.74) is 2.89. The van der Waals surface area contributed by atoms with Crippen LogP contribution in [0.4, 0.5) is 5.69 Å². The maximum atomic E-state index is 12.3. The lowest BCUT2D eigenvalue weighted by atomic mass is 10.1. The number of sulfonamides is 1. The second kappa shape index (κ2) is 9.89. The zero-order chi connectivity index (χ0) is 22.3. The summed E-state index contributed by atoms with van der Waals surface area (Å²) < 4.78 is 28.3. The van der Waals surface area contributed by atoms with Gasteiger partial charge in [0.25, 0.3) is 0 Å². The van der Waals surface area contributed by atoms with Crippen molar-refractivity contribution in [2.24, 2.45) is 5.14 Å². The maximum absolute atomic E-state index is 12.3. The largest absolute Gasteiger partial charge is 0.489 e. The van der Waals surface area contributed by atoms with Crippen molar-refractivity contribution in [3.05, 3.63) is 89.5 Å². The van der Waals surface area contributed by atoms with Crippen LogP contribution in [0.1, 0.15) is 23.1 Å². The predicted octanol–water partition coefficient (Wildman–Crippen LogP) is 3.36. The van der Waals surface area contributed by atoms with Gasteiger partial charge in [0.2, 0.25) is 15.9 Å². The fourth-order valence-corrected chi connectivity index (χ4v) is 3.40. The van der Waals surface area contributed by atoms with Crippen molar-refractivity contribution >= 4 is 21.6 Å². The van der Waals surface area contributed by atoms with Crippen molar-refractivity contribution in [3.8, 4) is 11.8 Å². The number of nitrogens with one attached hydrogen (secondary N) is 1. The zero-order valence-corrected chi connectivity index (χ0v) is 17.4. The van der Waals surface area contributed by atoms with Crippen molar-refractivity contribution in [1.29, 1.82) is 5.26 Å². The van der Waals surface area contributed by atoms with Gasteiger partial charge in [-0.1, -0.05) is 30.3 Å². The maximum Gasteiger partial charge on any atom is 0.238 e. The molecule has 31 heavy (non-hydrogen) atoms. The van der Waals surface area contributed by atoms with E-state index in [1.807, 2.05) is 6.07 Å². The normalized spacial score (nSPS) is 10.8. The number of nitrogens with two attached hydrogens (primary N) is 1. The molecule has 0 saturated heterocycles. The Labute approximate surface area is 181 Å². The molecule has 0 atom stereocenters. The number of nitriles is 1. The highest BCUT2D eigenvalue weighted by Gasteiger charge is 2.08. The van der Waals surface area contributed by atoms with Crippen LogP contribution in [0, 0.1) is 11.3 Å². The van der Waals surface area contributed by atoms with E-state index in [1.54, 1.807) is 54.6 Å². The number of rotatable bonds is 8. The van der Waals surface area contributed by atoms with E-state index >= 15 is 0 Å². The van der Waals surface area contributed by atoms with Gasteiger partial charge in [0, 0.05) is 18.2 Å². The van der Waals surface area contributed by atoms with Crippen molar-refractivity contribution in [1.82, 2.24) is 0 Å². The summed E-state index contributed by atoms with van der Waals surface area (Å²) in [6.07, 6.45) is 0.697. The molecular formula is C23H21N3O4S. The van der Waals surface area contributed by atoms with Gasteiger partial charge in [0.05, 0.1) is 16.5 Å². The molecule has 0 heterocycles. The Kier molecular flexibility index (Phi) is 7.03. The molecule has 0 spiro atoms. The summed E-state index contributed by atoms with van der Waals surface area (Å²) in [4.78, 5) is 12.3. The topological polar surface area (TPSA) is 122 Å². The molecule has 0 aliphatic heterocycles. The van der Waals surface area contributed by atoms with Crippen molar-refractivity contribution in [2.45, 2.75) is 24.3 Å². The number of carbonyl (C=O) groups is 1. The number of hydrogen-bond acceptors (Lipinski definition) is 5. The molecule has 0 bridgehead atoms. The summed E-state index contributed by atoms with van der Waals surface area (Å²) in [5, 5.41) is 16.9. The van der Waals surface area contributed by atoms with Crippen molar-refractivity contribution < 1.29 is 17.9 Å². The number of benzene rings is 3. The van der Waals surface area contributed by atoms with E-state index in [9.17, 15) is 13.2 Å². The molecule has 1 amide bonds. The summed E-state index contributed by atoms with van der Waals surface area (Å²) in [6, 6.07) is 22.5. The first-order valence-corrected chi connectivity index (χ1v) is 11.0. The average molecular weight is 436 g/mol. The molecule has 3 N–H and O–H groups in total. The van der Waals surface area contributed by atoms with E-state index < -0.39 is 10.0 Å². The first-order valence-electron chi connectivity index (χ1n) is 9.47. The van der Waals surface area contributed by atoms with Crippen LogP contribution < -0.4 is 15.2 Å². The van der Waals surface area contributed by atoms with E-state index in [4.69, 9.17) is 15.1 Å². The van der Waals surface area contributed by atoms with Gasteiger partial charge in [-0.05, 0) is 53.9 Å². The second-order valence-corrected chi connectivity index (χ2v) is 8.43. The summed E-state index contributed by atoms with van der Waals surface area (Å²) in [6.45, 7) is 0.307. The van der Waals surface area contributed by atoms with Gasteiger partial charge in [-0.15, -0.1) is 0 Å². The molecule has 0 saturated carbocycles. The van der Waals surface area contributed by atoms with Crippen molar-refractivity contribution in [2.75, 3.05) is 5.32 Å². The van der Waals surface area contributed by atoms with Crippen LogP contribution in [0.5, 0.6) is 5.75 Å². The minimum absolute atomic E-state index is 0.0388. The molecular weight excluding hydrogens is 414 g/mol. The molecule has 0 radical (unpaired) electrons. The van der Waals surface area contributed by atoms with E-state index in [-0.39, 0.29) is 17.2 Å². The molecule has 0 aliphatic carbocycles. The summed E-state index contributed by atoms with van der Waals surface area (Å²) in [5.74, 6) is 0.424. The number of nitrogens with zero attached hydrogens (tertiary/aromatic N) is 1. The van der Waals surface area contributed by atoms with Gasteiger partial charge in [-0.3, -0.25) is 4.79 Å². The average Bonchev–Trinajstić information content (AvgIpc) is 2.76. The van der Waals surface area contributed by atoms with Crippen LogP contribution in [-0.2, 0) is 27.8 Å². The minimum atomic E-state index is -3.73. The Morgan fingerprint density at radius 2 is 1.74 bits per heavy atom. The Hall–Kier alpha value is -3.67. The van der Waals surface area contributed by atoms with E-state index in [0.717, 1.165) is 11.1 Å². The van der Waals surface area contributed by atoms with Gasteiger partial charge < -0.3 is 10.1 Å². The Morgan fingerprint density at radius 3 is 2.45 bits per heavy atom. The van der Waals surface area contributed by atoms with Crippen LogP contribution in [-0.4, -0.2) is 14.3 Å². The highest BCUT2D eigenvalue weighted by Crippen LogP contribution is 2.19. The zero-order valence-electron chi connectivity index (χ0n) is 16.6. The lowest BCUT2D eigenvalue weighted by Crippen LogP contribution is -2.13. The monoisotopic (exact) mass is 435 g/mol. The van der Waals surface area contributed by atoms with Gasteiger partial charge in [0.1, 0.15) is 12.4 Å². The molecule has 0 aliphatic rings. The summed E-state index contributed by atoms with van der Waals surface area (Å²) in [7, 11) is -3.73. The molecule has 0 aromatic heterocycles. The number of anilines is 1. The lowest BCUT2D eigenvalue weighted by Gasteiger charge is -2.10. The van der Waals surface area contributed by atoms with Gasteiger partial charge in [-0.25, -0.2) is 13.6 Å². The fourth-order valence-electron chi connectivity index (χ4n) is 2.89. The molecule has 3 aromatic rings. The third kappa shape index (κ3) is 6.67. The van der Waals surface area contributed by atoms with Crippen LogP contribution in [0.15, 0.2) is 77.7 Å². The second-order valence-electron chi connectivity index (χ2n) is 6.87. The molecule has 3 aromatic carbocycles. The predicted molar refractivity (Wildman–Crippen MR) is 117 cm³/mol. The standard InChI is InChI=1S/C23H21N3O4S/c24-15-18-3-1-4-19(13-18)16-30-21-6-2-5-20(14-21)26-23(27)12-9-17-7-10-22(11-8-17)31(25,28)29/h1-8,10-11,13-14H,9,12,16H2,(H,26,27)(H2,25,28,29). The van der Waals surface area contributed by atoms with E-state index in [0.29, 0.717) is 30.0 Å². The molecule has 0 fully saturated rings. The first-order chi connectivity index (χ1) is 14.8. The lowest BCUT2D eigenvalue weighted by molar-refractivity contribution is -0.116. The summed E-state index contributed by atoms with van der Waals surface area (Å²) >= 11 is 0. The number of aryl methyl sites for hydroxylation is 1. The number of ether oxygens (including phenoxy) is 1. The SMILES string of the molecule is N#Cc1cccc(COc2cccc(NC(=O)CCc3ccc(S(N)(=O)=O)cc3)c2)c1. The number of primary sulfonamides is 1. The molecule has 0 unspecified atom stereocenters. The van der Waals surface area contributed by atoms with Crippen molar-refractivity contribution in [3.63, 3.8) is 0 Å². The Morgan fingerprint density at radius 1 is 1.00 bits per heavy atom. The first kappa shape index (κ1) is 22.0. The Balaban J connectivity index is 1.53. The quantitative estimate of drug-likeness (QED) is 0.562. The molecule has 8 heteroatoms. The van der Waals surface area contributed by atoms with Gasteiger partial charge in [-0.2, -0.15) is 5.26 Å². The third-order valence-electron chi connectivity index (χ3n) is 4.47. The third-order valence-corrected chi connectivity index (χ3v) is 5.40. The van der Waals surface area contributed by atoms with Crippen LogP contribution in [0.3, 0.4) is 0 Å². The molecule has 158 valence electrons. The molecule has 7 nitrogen and oxygen atoms in total. The van der Waals surface area contributed by atoms with Gasteiger partial charge in [0.15, 0.2) is 0 Å². The highest BCUT2D eigenvalue weighted by atomic mass is 32.2. The van der Waals surface area contributed by atoms with Gasteiger partial charge >= 0.3 is 0 Å². The Bertz CT molecular complexity index is 1220. The fraction of sp³-hybridized carbons (Fsp3) is 0.130. The van der Waals surface area contributed by atoms with Crippen LogP contribution in [0.2, 0.25) is 0 Å². The highest BCUT2D eigenvalue weighted by molar-refractivity contribution is 7.89. The minimum Gasteiger partial charge on any atom is -0.489 e. The van der Waals surface area contributed by atoms with E-state index in [2.05, 4.69) is 11.4 Å². The van der Waals surface area contributed by atoms with Crippen LogP contribution >= 0.6 is 0 Å². The van der Waals surface area contributed by atoms with Crippen LogP contribution in [0.25, 0.3) is 0 Å². The smallest absolute Gasteiger partial charge is 0.238 e. The number of carbonyl (C=O) groups excluding carboxylic acids is 1. The number of amides is 1. The van der Waals surface area contributed by atoms with E-state index in [1.165, 1.54) is 12.1 Å². The number of hydrogen-bond donors (Lipinski definition) is 2.